The van der Waals surface area contributed by atoms with E-state index < -0.39 is 0 Å². The summed E-state index contributed by atoms with van der Waals surface area (Å²) in [6.45, 7) is 3.18. The maximum absolute atomic E-state index is 12.7. The van der Waals surface area contributed by atoms with Gasteiger partial charge in [0, 0.05) is 31.9 Å². The van der Waals surface area contributed by atoms with Crippen molar-refractivity contribution >= 4 is 23.2 Å². The van der Waals surface area contributed by atoms with Crippen molar-refractivity contribution in [1.29, 1.82) is 0 Å². The Morgan fingerprint density at radius 3 is 2.71 bits per heavy atom. The Hall–Kier alpha value is -2.60. The van der Waals surface area contributed by atoms with E-state index >= 15 is 0 Å². The van der Waals surface area contributed by atoms with Crippen LogP contribution in [-0.4, -0.2) is 43.2 Å². The van der Waals surface area contributed by atoms with Gasteiger partial charge in [-0.1, -0.05) is 18.2 Å². The SMILES string of the molecule is O=C(N[C@H]1CCNC1)N1CCN(c2ccccn2)c2ccccc21. The van der Waals surface area contributed by atoms with Gasteiger partial charge in [0.05, 0.1) is 11.4 Å². The van der Waals surface area contributed by atoms with Crippen molar-refractivity contribution in [3.05, 3.63) is 48.7 Å². The number of nitrogens with zero attached hydrogens (tertiary/aromatic N) is 3. The van der Waals surface area contributed by atoms with E-state index in [4.69, 9.17) is 0 Å². The third kappa shape index (κ3) is 2.80. The maximum atomic E-state index is 12.7. The van der Waals surface area contributed by atoms with Crippen LogP contribution in [0.5, 0.6) is 0 Å². The lowest BCUT2D eigenvalue weighted by Gasteiger charge is -2.37. The van der Waals surface area contributed by atoms with Crippen molar-refractivity contribution < 1.29 is 4.79 Å². The quantitative estimate of drug-likeness (QED) is 0.889. The summed E-state index contributed by atoms with van der Waals surface area (Å²) in [7, 11) is 0. The van der Waals surface area contributed by atoms with Gasteiger partial charge < -0.3 is 15.5 Å². The van der Waals surface area contributed by atoms with Gasteiger partial charge in [-0.3, -0.25) is 4.90 Å². The van der Waals surface area contributed by atoms with E-state index in [9.17, 15) is 4.79 Å². The van der Waals surface area contributed by atoms with Crippen molar-refractivity contribution in [1.82, 2.24) is 15.6 Å². The number of fused-ring (bicyclic) bond motifs is 1. The Balaban J connectivity index is 1.60. The summed E-state index contributed by atoms with van der Waals surface area (Å²) < 4.78 is 0. The van der Waals surface area contributed by atoms with Gasteiger partial charge in [-0.05, 0) is 37.2 Å². The van der Waals surface area contributed by atoms with Crippen LogP contribution in [0.1, 0.15) is 6.42 Å². The standard InChI is InChI=1S/C18H21N5O/c24-18(21-14-8-10-19-13-14)23-12-11-22(17-7-3-4-9-20-17)15-5-1-2-6-16(15)23/h1-7,9,14,19H,8,10-13H2,(H,21,24)/t14-/m0/s1. The number of carbonyl (C=O) groups excluding carboxylic acids is 1. The molecule has 1 fully saturated rings. The molecule has 3 heterocycles. The number of hydrogen-bond acceptors (Lipinski definition) is 4. The van der Waals surface area contributed by atoms with Crippen molar-refractivity contribution in [2.24, 2.45) is 0 Å². The van der Waals surface area contributed by atoms with Crippen LogP contribution in [0.4, 0.5) is 22.0 Å². The van der Waals surface area contributed by atoms with Crippen LogP contribution >= 0.6 is 0 Å². The minimum atomic E-state index is -0.0168. The number of hydrogen-bond donors (Lipinski definition) is 2. The highest BCUT2D eigenvalue weighted by atomic mass is 16.2. The van der Waals surface area contributed by atoms with Crippen LogP contribution in [0.25, 0.3) is 0 Å². The Labute approximate surface area is 141 Å². The fourth-order valence-electron chi connectivity index (χ4n) is 3.35. The normalized spacial score (nSPS) is 19.9. The molecule has 2 aliphatic rings. The van der Waals surface area contributed by atoms with Gasteiger partial charge in [-0.2, -0.15) is 0 Å². The predicted octanol–water partition coefficient (Wildman–Crippen LogP) is 2.11. The molecule has 1 atom stereocenters. The first-order chi connectivity index (χ1) is 11.8. The molecule has 2 N–H and O–H groups in total. The number of rotatable bonds is 2. The highest BCUT2D eigenvalue weighted by Crippen LogP contribution is 2.36. The molecule has 1 saturated heterocycles. The fraction of sp³-hybridized carbons (Fsp3) is 0.333. The van der Waals surface area contributed by atoms with Crippen LogP contribution < -0.4 is 20.4 Å². The van der Waals surface area contributed by atoms with Crippen molar-refractivity contribution in [2.45, 2.75) is 12.5 Å². The first kappa shape index (κ1) is 15.0. The lowest BCUT2D eigenvalue weighted by Crippen LogP contribution is -2.50. The third-order valence-electron chi connectivity index (χ3n) is 4.57. The molecule has 0 aliphatic carbocycles. The largest absolute Gasteiger partial charge is 0.334 e. The summed E-state index contributed by atoms with van der Waals surface area (Å²) in [6, 6.07) is 14.1. The Bertz CT molecular complexity index is 714. The number of benzene rings is 1. The van der Waals surface area contributed by atoms with Crippen molar-refractivity contribution in [3.8, 4) is 0 Å². The third-order valence-corrected chi connectivity index (χ3v) is 4.57. The zero-order chi connectivity index (χ0) is 16.4. The van der Waals surface area contributed by atoms with Gasteiger partial charge in [-0.25, -0.2) is 9.78 Å². The number of carbonyl (C=O) groups is 1. The van der Waals surface area contributed by atoms with E-state index in [-0.39, 0.29) is 12.1 Å². The Morgan fingerprint density at radius 1 is 1.12 bits per heavy atom. The summed E-state index contributed by atoms with van der Waals surface area (Å²) in [5, 5.41) is 6.41. The number of urea groups is 1. The minimum absolute atomic E-state index is 0.0168. The molecule has 2 aromatic rings. The molecule has 24 heavy (non-hydrogen) atoms. The number of nitrogens with one attached hydrogen (secondary N) is 2. The van der Waals surface area contributed by atoms with Gasteiger partial charge in [0.1, 0.15) is 5.82 Å². The number of aromatic nitrogens is 1. The summed E-state index contributed by atoms with van der Waals surface area (Å²) in [4.78, 5) is 21.2. The molecular weight excluding hydrogens is 302 g/mol. The lowest BCUT2D eigenvalue weighted by atomic mass is 10.1. The monoisotopic (exact) mass is 323 g/mol. The van der Waals surface area contributed by atoms with Crippen molar-refractivity contribution in [3.63, 3.8) is 0 Å². The fourth-order valence-corrected chi connectivity index (χ4v) is 3.35. The van der Waals surface area contributed by atoms with Crippen LogP contribution in [0.2, 0.25) is 0 Å². The molecule has 124 valence electrons. The molecule has 6 nitrogen and oxygen atoms in total. The van der Waals surface area contributed by atoms with Crippen LogP contribution in [-0.2, 0) is 0 Å². The molecule has 0 radical (unpaired) electrons. The number of para-hydroxylation sites is 2. The molecule has 6 heteroatoms. The van der Waals surface area contributed by atoms with Gasteiger partial charge in [-0.15, -0.1) is 0 Å². The number of pyridine rings is 1. The van der Waals surface area contributed by atoms with E-state index in [1.165, 1.54) is 0 Å². The second-order valence-corrected chi connectivity index (χ2v) is 6.12. The van der Waals surface area contributed by atoms with Gasteiger partial charge in [0.15, 0.2) is 0 Å². The molecule has 1 aromatic carbocycles. The predicted molar refractivity (Wildman–Crippen MR) is 94.8 cm³/mol. The Kier molecular flexibility index (Phi) is 4.04. The summed E-state index contributed by atoms with van der Waals surface area (Å²) >= 11 is 0. The van der Waals surface area contributed by atoms with E-state index in [1.54, 1.807) is 6.20 Å². The number of amides is 2. The van der Waals surface area contributed by atoms with E-state index in [0.717, 1.165) is 43.2 Å². The topological polar surface area (TPSA) is 60.5 Å². The molecule has 2 aliphatic heterocycles. The molecule has 0 spiro atoms. The molecule has 0 unspecified atom stereocenters. The summed E-state index contributed by atoms with van der Waals surface area (Å²) in [5.41, 5.74) is 1.94. The summed E-state index contributed by atoms with van der Waals surface area (Å²) in [5.74, 6) is 0.907. The maximum Gasteiger partial charge on any atom is 0.322 e. The molecule has 0 saturated carbocycles. The molecule has 4 rings (SSSR count). The van der Waals surface area contributed by atoms with Gasteiger partial charge in [0.2, 0.25) is 0 Å². The molecule has 0 bridgehead atoms. The first-order valence-corrected chi connectivity index (χ1v) is 8.39. The Morgan fingerprint density at radius 2 is 1.96 bits per heavy atom. The van der Waals surface area contributed by atoms with E-state index in [0.29, 0.717) is 6.54 Å². The van der Waals surface area contributed by atoms with Gasteiger partial charge in [0.25, 0.3) is 0 Å². The smallest absolute Gasteiger partial charge is 0.322 e. The minimum Gasteiger partial charge on any atom is -0.334 e. The van der Waals surface area contributed by atoms with Crippen LogP contribution in [0.3, 0.4) is 0 Å². The molecule has 2 amide bonds. The first-order valence-electron chi connectivity index (χ1n) is 8.39. The summed E-state index contributed by atoms with van der Waals surface area (Å²) in [6.07, 6.45) is 2.78. The second-order valence-electron chi connectivity index (χ2n) is 6.12. The highest BCUT2D eigenvalue weighted by Gasteiger charge is 2.29. The zero-order valence-corrected chi connectivity index (χ0v) is 13.5. The van der Waals surface area contributed by atoms with E-state index in [2.05, 4.69) is 20.5 Å². The second kappa shape index (κ2) is 6.49. The zero-order valence-electron chi connectivity index (χ0n) is 13.5. The molecule has 1 aromatic heterocycles. The highest BCUT2D eigenvalue weighted by molar-refractivity contribution is 5.97. The number of anilines is 3. The van der Waals surface area contributed by atoms with Crippen molar-refractivity contribution in [2.75, 3.05) is 36.0 Å². The van der Waals surface area contributed by atoms with E-state index in [1.807, 2.05) is 47.4 Å². The average Bonchev–Trinajstić information content (AvgIpc) is 3.14. The van der Waals surface area contributed by atoms with Gasteiger partial charge >= 0.3 is 6.03 Å². The van der Waals surface area contributed by atoms with Crippen LogP contribution in [0, 0.1) is 0 Å². The van der Waals surface area contributed by atoms with Crippen LogP contribution in [0.15, 0.2) is 48.7 Å². The lowest BCUT2D eigenvalue weighted by molar-refractivity contribution is 0.243. The average molecular weight is 323 g/mol. The molecular formula is C18H21N5O.